The van der Waals surface area contributed by atoms with Crippen molar-refractivity contribution >= 4 is 0 Å². The normalized spacial score (nSPS) is 29.0. The van der Waals surface area contributed by atoms with Crippen LogP contribution in [0, 0.1) is 7.05 Å². The molecule has 0 spiro atoms. The summed E-state index contributed by atoms with van der Waals surface area (Å²) < 4.78 is 5.26. The number of hydrogen-bond donors (Lipinski definition) is 0. The monoisotopic (exact) mass is 128 g/mol. The summed E-state index contributed by atoms with van der Waals surface area (Å²) in [5.41, 5.74) is 0. The summed E-state index contributed by atoms with van der Waals surface area (Å²) in [6, 6.07) is 0.554. The van der Waals surface area contributed by atoms with E-state index in [1.54, 1.807) is 0 Å². The highest BCUT2D eigenvalue weighted by Crippen LogP contribution is 2.09. The van der Waals surface area contributed by atoms with Crippen LogP contribution in [0.15, 0.2) is 0 Å². The van der Waals surface area contributed by atoms with E-state index in [0.717, 1.165) is 13.2 Å². The van der Waals surface area contributed by atoms with Crippen LogP contribution >= 0.6 is 0 Å². The number of ether oxygens (including phenoxy) is 1. The summed E-state index contributed by atoms with van der Waals surface area (Å²) in [6.07, 6.45) is 2.42. The molecule has 0 aliphatic carbocycles. The van der Waals surface area contributed by atoms with Gasteiger partial charge in [0.25, 0.3) is 0 Å². The molecule has 1 rings (SSSR count). The summed E-state index contributed by atoms with van der Waals surface area (Å²) in [6.45, 7) is 1.80. The van der Waals surface area contributed by atoms with E-state index in [4.69, 9.17) is 4.74 Å². The number of hydrogen-bond acceptors (Lipinski definition) is 2. The van der Waals surface area contributed by atoms with Gasteiger partial charge in [-0.1, -0.05) is 0 Å². The highest BCUT2D eigenvalue weighted by molar-refractivity contribution is 4.70. The second-order valence-corrected chi connectivity index (χ2v) is 2.63. The van der Waals surface area contributed by atoms with Gasteiger partial charge in [-0.3, -0.25) is 4.90 Å². The molecule has 0 aromatic rings. The lowest BCUT2D eigenvalue weighted by molar-refractivity contribution is 0.0414. The first kappa shape index (κ1) is 7.03. The van der Waals surface area contributed by atoms with Gasteiger partial charge >= 0.3 is 0 Å². The van der Waals surface area contributed by atoms with Crippen LogP contribution in [-0.2, 0) is 4.74 Å². The molecule has 2 nitrogen and oxygen atoms in total. The van der Waals surface area contributed by atoms with Gasteiger partial charge in [0.05, 0.1) is 6.61 Å². The van der Waals surface area contributed by atoms with Crippen molar-refractivity contribution in [3.8, 4) is 0 Å². The van der Waals surface area contributed by atoms with Crippen LogP contribution in [0.1, 0.15) is 12.8 Å². The van der Waals surface area contributed by atoms with Gasteiger partial charge in [-0.15, -0.1) is 0 Å². The van der Waals surface area contributed by atoms with E-state index in [9.17, 15) is 0 Å². The Morgan fingerprint density at radius 2 is 2.44 bits per heavy atom. The van der Waals surface area contributed by atoms with Crippen molar-refractivity contribution in [3.63, 3.8) is 0 Å². The Balaban J connectivity index is 2.23. The lowest BCUT2D eigenvalue weighted by Gasteiger charge is -2.27. The third-order valence-corrected chi connectivity index (χ3v) is 1.76. The lowest BCUT2D eigenvalue weighted by Crippen LogP contribution is -2.34. The lowest BCUT2D eigenvalue weighted by atomic mass is 10.1. The maximum atomic E-state index is 5.26. The smallest absolute Gasteiger partial charge is 0.0621 e. The molecule has 1 radical (unpaired) electrons. The summed E-state index contributed by atoms with van der Waals surface area (Å²) >= 11 is 0. The molecular weight excluding hydrogens is 114 g/mol. The summed E-state index contributed by atoms with van der Waals surface area (Å²) in [7, 11) is 5.81. The fourth-order valence-corrected chi connectivity index (χ4v) is 1.07. The third kappa shape index (κ3) is 1.95. The maximum absolute atomic E-state index is 5.26. The minimum Gasteiger partial charge on any atom is -0.380 e. The molecule has 1 fully saturated rings. The highest BCUT2D eigenvalue weighted by Gasteiger charge is 2.14. The van der Waals surface area contributed by atoms with E-state index >= 15 is 0 Å². The SMILES string of the molecule is [CH2]N(C)C1CCCOC1. The molecule has 1 saturated heterocycles. The maximum Gasteiger partial charge on any atom is 0.0621 e. The zero-order valence-electron chi connectivity index (χ0n) is 5.97. The Morgan fingerprint density at radius 3 is 2.78 bits per heavy atom. The zero-order valence-corrected chi connectivity index (χ0v) is 5.97. The van der Waals surface area contributed by atoms with E-state index in [0.29, 0.717) is 6.04 Å². The highest BCUT2D eigenvalue weighted by atomic mass is 16.5. The van der Waals surface area contributed by atoms with Crippen molar-refractivity contribution in [1.82, 2.24) is 4.90 Å². The minimum atomic E-state index is 0.554. The van der Waals surface area contributed by atoms with Crippen LogP contribution in [0.5, 0.6) is 0 Å². The molecule has 0 amide bonds. The molecule has 1 aliphatic heterocycles. The number of rotatable bonds is 1. The molecule has 1 unspecified atom stereocenters. The Bertz CT molecular complexity index is 77.0. The molecule has 9 heavy (non-hydrogen) atoms. The van der Waals surface area contributed by atoms with Crippen molar-refractivity contribution in [2.75, 3.05) is 20.3 Å². The van der Waals surface area contributed by atoms with Gasteiger partial charge in [-0.05, 0) is 19.9 Å². The van der Waals surface area contributed by atoms with Crippen molar-refractivity contribution in [1.29, 1.82) is 0 Å². The van der Waals surface area contributed by atoms with E-state index in [-0.39, 0.29) is 0 Å². The van der Waals surface area contributed by atoms with Crippen LogP contribution in [0.2, 0.25) is 0 Å². The Labute approximate surface area is 56.8 Å². The average molecular weight is 128 g/mol. The molecule has 0 N–H and O–H groups in total. The zero-order chi connectivity index (χ0) is 6.69. The van der Waals surface area contributed by atoms with Crippen LogP contribution in [0.25, 0.3) is 0 Å². The average Bonchev–Trinajstić information content (AvgIpc) is 1.90. The second-order valence-electron chi connectivity index (χ2n) is 2.63. The predicted octanol–water partition coefficient (Wildman–Crippen LogP) is 0.889. The largest absolute Gasteiger partial charge is 0.380 e. The molecule has 1 aliphatic rings. The Hall–Kier alpha value is -0.0800. The fraction of sp³-hybridized carbons (Fsp3) is 0.857. The Kier molecular flexibility index (Phi) is 2.49. The number of likely N-dealkylation sites (N-methyl/N-ethyl adjacent to an activating group) is 1. The first-order valence-electron chi connectivity index (χ1n) is 3.42. The summed E-state index contributed by atoms with van der Waals surface area (Å²) in [4.78, 5) is 1.99. The van der Waals surface area contributed by atoms with Crippen LogP contribution in [0.4, 0.5) is 0 Å². The quantitative estimate of drug-likeness (QED) is 0.520. The standard InChI is InChI=1S/C7H14NO/c1-8(2)7-4-3-5-9-6-7/h7H,1,3-6H2,2H3. The van der Waals surface area contributed by atoms with Crippen molar-refractivity contribution < 1.29 is 4.74 Å². The van der Waals surface area contributed by atoms with Crippen LogP contribution in [0.3, 0.4) is 0 Å². The molecule has 2 heteroatoms. The van der Waals surface area contributed by atoms with Crippen molar-refractivity contribution in [2.24, 2.45) is 0 Å². The molecule has 0 aromatic carbocycles. The molecule has 1 atom stereocenters. The minimum absolute atomic E-state index is 0.554. The first-order chi connectivity index (χ1) is 4.30. The molecule has 1 heterocycles. The summed E-state index contributed by atoms with van der Waals surface area (Å²) in [5, 5.41) is 0. The topological polar surface area (TPSA) is 12.5 Å². The van der Waals surface area contributed by atoms with Gasteiger partial charge in [0, 0.05) is 19.7 Å². The third-order valence-electron chi connectivity index (χ3n) is 1.76. The molecule has 0 aromatic heterocycles. The van der Waals surface area contributed by atoms with Crippen molar-refractivity contribution in [2.45, 2.75) is 18.9 Å². The van der Waals surface area contributed by atoms with Gasteiger partial charge < -0.3 is 4.74 Å². The van der Waals surface area contributed by atoms with Gasteiger partial charge in [-0.25, -0.2) is 0 Å². The Morgan fingerprint density at radius 1 is 1.67 bits per heavy atom. The van der Waals surface area contributed by atoms with Gasteiger partial charge in [0.15, 0.2) is 0 Å². The first-order valence-corrected chi connectivity index (χ1v) is 3.42. The molecular formula is C7H14NO. The molecule has 0 bridgehead atoms. The van der Waals surface area contributed by atoms with E-state index in [1.807, 2.05) is 11.9 Å². The fourth-order valence-electron chi connectivity index (χ4n) is 1.07. The predicted molar refractivity (Wildman–Crippen MR) is 37.0 cm³/mol. The van der Waals surface area contributed by atoms with Crippen LogP contribution < -0.4 is 0 Å². The van der Waals surface area contributed by atoms with E-state index in [1.165, 1.54) is 12.8 Å². The van der Waals surface area contributed by atoms with Gasteiger partial charge in [-0.2, -0.15) is 0 Å². The number of nitrogens with zero attached hydrogens (tertiary/aromatic N) is 1. The second kappa shape index (κ2) is 3.18. The van der Waals surface area contributed by atoms with Gasteiger partial charge in [0.1, 0.15) is 0 Å². The molecule has 0 saturated carbocycles. The summed E-state index contributed by atoms with van der Waals surface area (Å²) in [5.74, 6) is 0. The van der Waals surface area contributed by atoms with E-state index < -0.39 is 0 Å². The van der Waals surface area contributed by atoms with E-state index in [2.05, 4.69) is 7.05 Å². The van der Waals surface area contributed by atoms with Crippen molar-refractivity contribution in [3.05, 3.63) is 7.05 Å². The van der Waals surface area contributed by atoms with Gasteiger partial charge in [0.2, 0.25) is 0 Å². The van der Waals surface area contributed by atoms with Crippen LogP contribution in [-0.4, -0.2) is 31.2 Å². The molecule has 53 valence electrons.